The normalized spacial score (nSPS) is 25.0. The second-order valence-corrected chi connectivity index (χ2v) is 7.96. The zero-order valence-corrected chi connectivity index (χ0v) is 14.8. The Morgan fingerprint density at radius 3 is 2.71 bits per heavy atom. The lowest BCUT2D eigenvalue weighted by Gasteiger charge is -2.49. The van der Waals surface area contributed by atoms with Crippen molar-refractivity contribution in [2.45, 2.75) is 44.8 Å². The van der Waals surface area contributed by atoms with Crippen molar-refractivity contribution in [3.05, 3.63) is 10.0 Å². The van der Waals surface area contributed by atoms with Gasteiger partial charge in [-0.3, -0.25) is 9.80 Å². The highest BCUT2D eigenvalue weighted by Crippen LogP contribution is 2.32. The zero-order valence-electron chi connectivity index (χ0n) is 13.2. The minimum Gasteiger partial charge on any atom is -0.354 e. The first-order valence-corrected chi connectivity index (χ1v) is 9.04. The molecule has 0 amide bonds. The highest BCUT2D eigenvalue weighted by atomic mass is 35.5. The van der Waals surface area contributed by atoms with Gasteiger partial charge in [-0.15, -0.1) is 0 Å². The quantitative estimate of drug-likeness (QED) is 0.847. The fraction of sp³-hybridized carbons (Fsp3) is 0.800. The van der Waals surface area contributed by atoms with Crippen molar-refractivity contribution in [2.24, 2.45) is 0 Å². The third-order valence-corrected chi connectivity index (χ3v) is 6.28. The van der Waals surface area contributed by atoms with E-state index in [0.717, 1.165) is 23.8 Å². The molecule has 1 aromatic rings. The highest BCUT2D eigenvalue weighted by Gasteiger charge is 2.35. The van der Waals surface area contributed by atoms with Gasteiger partial charge in [0.15, 0.2) is 5.13 Å². The number of halogens is 1. The van der Waals surface area contributed by atoms with Crippen LogP contribution in [0.3, 0.4) is 0 Å². The molecule has 1 atom stereocenters. The number of piperidine rings is 1. The molecule has 0 aromatic carbocycles. The van der Waals surface area contributed by atoms with Crippen LogP contribution < -0.4 is 4.90 Å². The van der Waals surface area contributed by atoms with Crippen molar-refractivity contribution in [1.29, 1.82) is 0 Å². The van der Waals surface area contributed by atoms with Crippen LogP contribution in [0.2, 0.25) is 5.15 Å². The van der Waals surface area contributed by atoms with Gasteiger partial charge in [-0.1, -0.05) is 29.4 Å². The number of thiazole rings is 1. The van der Waals surface area contributed by atoms with Crippen molar-refractivity contribution in [3.63, 3.8) is 0 Å². The molecule has 2 aliphatic rings. The molecule has 6 heteroatoms. The average molecular weight is 329 g/mol. The number of likely N-dealkylation sites (tertiary alicyclic amines) is 2. The molecule has 4 nitrogen and oxygen atoms in total. The van der Waals surface area contributed by atoms with E-state index in [1.54, 1.807) is 11.3 Å². The molecule has 0 aliphatic carbocycles. The molecule has 2 aliphatic heterocycles. The summed E-state index contributed by atoms with van der Waals surface area (Å²) in [6.45, 7) is 6.96. The molecule has 2 fully saturated rings. The summed E-state index contributed by atoms with van der Waals surface area (Å²) in [5, 5.41) is 1.68. The predicted octanol–water partition coefficient (Wildman–Crippen LogP) is 2.92. The molecule has 21 heavy (non-hydrogen) atoms. The first-order valence-electron chi connectivity index (χ1n) is 7.85. The number of rotatable bonds is 4. The molecule has 0 unspecified atom stereocenters. The SMILES string of the molecule is C[C@H]1CCCCN1C1CN(Cc2sc(N(C)C)nc2Cl)C1. The Bertz CT molecular complexity index is 484. The molecule has 0 saturated carbocycles. The lowest BCUT2D eigenvalue weighted by molar-refractivity contribution is -0.00576. The zero-order chi connectivity index (χ0) is 15.0. The van der Waals surface area contributed by atoms with Gasteiger partial charge in [0.2, 0.25) is 0 Å². The van der Waals surface area contributed by atoms with Crippen molar-refractivity contribution in [2.75, 3.05) is 38.6 Å². The van der Waals surface area contributed by atoms with E-state index in [0.29, 0.717) is 5.15 Å². The topological polar surface area (TPSA) is 22.6 Å². The molecule has 0 bridgehead atoms. The maximum Gasteiger partial charge on any atom is 0.186 e. The van der Waals surface area contributed by atoms with Gasteiger partial charge in [0.25, 0.3) is 0 Å². The fourth-order valence-electron chi connectivity index (χ4n) is 3.36. The van der Waals surface area contributed by atoms with Crippen LogP contribution in [0.4, 0.5) is 5.13 Å². The highest BCUT2D eigenvalue weighted by molar-refractivity contribution is 7.16. The molecular formula is C15H25ClN4S. The minimum atomic E-state index is 0.679. The van der Waals surface area contributed by atoms with E-state index in [9.17, 15) is 0 Å². The third kappa shape index (κ3) is 3.36. The number of hydrogen-bond donors (Lipinski definition) is 0. The average Bonchev–Trinajstić information content (AvgIpc) is 2.76. The summed E-state index contributed by atoms with van der Waals surface area (Å²) in [6.07, 6.45) is 4.13. The second kappa shape index (κ2) is 6.41. The van der Waals surface area contributed by atoms with Gasteiger partial charge in [-0.25, -0.2) is 4.98 Å². The van der Waals surface area contributed by atoms with Gasteiger partial charge < -0.3 is 4.90 Å². The molecule has 0 radical (unpaired) electrons. The number of anilines is 1. The summed E-state index contributed by atoms with van der Waals surface area (Å²) < 4.78 is 0. The van der Waals surface area contributed by atoms with Gasteiger partial charge in [0, 0.05) is 45.8 Å². The number of nitrogens with zero attached hydrogens (tertiary/aromatic N) is 4. The van der Waals surface area contributed by atoms with Gasteiger partial charge in [-0.2, -0.15) is 0 Å². The van der Waals surface area contributed by atoms with E-state index in [-0.39, 0.29) is 0 Å². The predicted molar refractivity (Wildman–Crippen MR) is 90.5 cm³/mol. The van der Waals surface area contributed by atoms with Crippen LogP contribution >= 0.6 is 22.9 Å². The Balaban J connectivity index is 1.52. The maximum absolute atomic E-state index is 6.26. The van der Waals surface area contributed by atoms with Crippen molar-refractivity contribution >= 4 is 28.1 Å². The van der Waals surface area contributed by atoms with Gasteiger partial charge in [-0.05, 0) is 26.3 Å². The summed E-state index contributed by atoms with van der Waals surface area (Å²) in [5.41, 5.74) is 0. The smallest absolute Gasteiger partial charge is 0.186 e. The molecule has 0 spiro atoms. The summed E-state index contributed by atoms with van der Waals surface area (Å²) in [6, 6.07) is 1.51. The Morgan fingerprint density at radius 2 is 2.10 bits per heavy atom. The largest absolute Gasteiger partial charge is 0.354 e. The summed E-state index contributed by atoms with van der Waals surface area (Å²) in [7, 11) is 4.02. The lowest BCUT2D eigenvalue weighted by atomic mass is 9.97. The second-order valence-electron chi connectivity index (χ2n) is 6.54. The Hall–Kier alpha value is -0.360. The fourth-order valence-corrected chi connectivity index (χ4v) is 4.58. The van der Waals surface area contributed by atoms with Crippen molar-refractivity contribution < 1.29 is 0 Å². The van der Waals surface area contributed by atoms with E-state index in [4.69, 9.17) is 11.6 Å². The van der Waals surface area contributed by atoms with E-state index < -0.39 is 0 Å². The standard InChI is InChI=1S/C15H25ClN4S/c1-11-6-4-5-7-20(11)12-8-19(9-12)10-13-14(16)17-15(21-13)18(2)3/h11-12H,4-10H2,1-3H3/t11-/m0/s1. The third-order valence-electron chi connectivity index (χ3n) is 4.65. The molecule has 3 heterocycles. The van der Waals surface area contributed by atoms with Crippen molar-refractivity contribution in [1.82, 2.24) is 14.8 Å². The Kier molecular flexibility index (Phi) is 4.74. The molecule has 3 rings (SSSR count). The van der Waals surface area contributed by atoms with Crippen LogP contribution in [0.25, 0.3) is 0 Å². The Labute approximate surface area is 136 Å². The first-order chi connectivity index (χ1) is 10.0. The first kappa shape index (κ1) is 15.5. The molecule has 2 saturated heterocycles. The van der Waals surface area contributed by atoms with E-state index in [2.05, 4.69) is 21.7 Å². The summed E-state index contributed by atoms with van der Waals surface area (Å²) in [5.74, 6) is 0. The van der Waals surface area contributed by atoms with Crippen LogP contribution in [-0.4, -0.2) is 60.6 Å². The van der Waals surface area contributed by atoms with E-state index in [1.165, 1.54) is 43.8 Å². The van der Waals surface area contributed by atoms with Crippen LogP contribution in [0.15, 0.2) is 0 Å². The molecule has 1 aromatic heterocycles. The van der Waals surface area contributed by atoms with Crippen LogP contribution in [0, 0.1) is 0 Å². The number of aromatic nitrogens is 1. The van der Waals surface area contributed by atoms with E-state index in [1.807, 2.05) is 19.0 Å². The summed E-state index contributed by atoms with van der Waals surface area (Å²) in [4.78, 5) is 12.8. The molecule has 0 N–H and O–H groups in total. The molecule has 118 valence electrons. The maximum atomic E-state index is 6.26. The van der Waals surface area contributed by atoms with E-state index >= 15 is 0 Å². The van der Waals surface area contributed by atoms with Crippen LogP contribution in [-0.2, 0) is 6.54 Å². The van der Waals surface area contributed by atoms with Crippen LogP contribution in [0.5, 0.6) is 0 Å². The van der Waals surface area contributed by atoms with Gasteiger partial charge in [0.1, 0.15) is 5.15 Å². The van der Waals surface area contributed by atoms with Gasteiger partial charge in [0.05, 0.1) is 4.88 Å². The lowest BCUT2D eigenvalue weighted by Crippen LogP contribution is -2.61. The molecular weight excluding hydrogens is 304 g/mol. The minimum absolute atomic E-state index is 0.679. The Morgan fingerprint density at radius 1 is 1.33 bits per heavy atom. The monoisotopic (exact) mass is 328 g/mol. The van der Waals surface area contributed by atoms with Crippen molar-refractivity contribution in [3.8, 4) is 0 Å². The van der Waals surface area contributed by atoms with Crippen LogP contribution in [0.1, 0.15) is 31.1 Å². The van der Waals surface area contributed by atoms with Gasteiger partial charge >= 0.3 is 0 Å². The summed E-state index contributed by atoms with van der Waals surface area (Å²) >= 11 is 7.97. The number of hydrogen-bond acceptors (Lipinski definition) is 5.